The average molecular weight is 282 g/mol. The van der Waals surface area contributed by atoms with Gasteiger partial charge in [-0.15, -0.1) is 11.3 Å². The highest BCUT2D eigenvalue weighted by molar-refractivity contribution is 7.16. The van der Waals surface area contributed by atoms with E-state index in [9.17, 15) is 5.11 Å². The zero-order valence-electron chi connectivity index (χ0n) is 10.2. The van der Waals surface area contributed by atoms with Crippen LogP contribution in [-0.4, -0.2) is 11.7 Å². The van der Waals surface area contributed by atoms with Crippen LogP contribution in [0.5, 0.6) is 5.75 Å². The average Bonchev–Trinajstić information content (AvgIpc) is 2.78. The molecule has 0 radical (unpaired) electrons. The Balaban J connectivity index is 1.80. The maximum absolute atomic E-state index is 9.19. The van der Waals surface area contributed by atoms with Gasteiger partial charge in [0.25, 0.3) is 0 Å². The summed E-state index contributed by atoms with van der Waals surface area (Å²) < 4.78 is 0.831. The van der Waals surface area contributed by atoms with Gasteiger partial charge in [-0.3, -0.25) is 0 Å². The molecule has 1 atom stereocenters. The van der Waals surface area contributed by atoms with E-state index in [1.54, 1.807) is 23.5 Å². The van der Waals surface area contributed by atoms with Gasteiger partial charge in [-0.1, -0.05) is 23.7 Å². The lowest BCUT2D eigenvalue weighted by molar-refractivity contribution is 0.475. The molecule has 18 heavy (non-hydrogen) atoms. The van der Waals surface area contributed by atoms with Crippen molar-refractivity contribution < 1.29 is 5.11 Å². The van der Waals surface area contributed by atoms with Gasteiger partial charge in [0.05, 0.1) is 4.34 Å². The summed E-state index contributed by atoms with van der Waals surface area (Å²) in [4.78, 5) is 1.26. The van der Waals surface area contributed by atoms with Crippen molar-refractivity contribution in [1.82, 2.24) is 5.32 Å². The number of thiophene rings is 1. The van der Waals surface area contributed by atoms with Crippen LogP contribution in [0.2, 0.25) is 4.34 Å². The number of phenols is 1. The standard InChI is InChI=1S/C14H16ClNOS/c1-10(13-6-7-14(15)18-13)16-9-8-11-2-4-12(17)5-3-11/h2-7,10,16-17H,8-9H2,1H3. The fraction of sp³-hybridized carbons (Fsp3) is 0.286. The number of halogens is 1. The number of hydrogen-bond donors (Lipinski definition) is 2. The molecule has 1 aromatic heterocycles. The molecule has 0 aliphatic heterocycles. The van der Waals surface area contributed by atoms with Crippen molar-refractivity contribution in [1.29, 1.82) is 0 Å². The normalized spacial score (nSPS) is 12.6. The molecule has 1 heterocycles. The summed E-state index contributed by atoms with van der Waals surface area (Å²) in [6.45, 7) is 3.04. The topological polar surface area (TPSA) is 32.3 Å². The highest BCUT2D eigenvalue weighted by Gasteiger charge is 2.07. The second-order valence-electron chi connectivity index (χ2n) is 4.23. The smallest absolute Gasteiger partial charge is 0.115 e. The van der Waals surface area contributed by atoms with Crippen LogP contribution in [0.1, 0.15) is 23.4 Å². The van der Waals surface area contributed by atoms with Crippen LogP contribution < -0.4 is 5.32 Å². The van der Waals surface area contributed by atoms with E-state index in [0.29, 0.717) is 11.8 Å². The number of benzene rings is 1. The van der Waals surface area contributed by atoms with Crippen molar-refractivity contribution >= 4 is 22.9 Å². The largest absolute Gasteiger partial charge is 0.508 e. The van der Waals surface area contributed by atoms with Gasteiger partial charge in [-0.25, -0.2) is 0 Å². The van der Waals surface area contributed by atoms with E-state index in [2.05, 4.69) is 18.3 Å². The van der Waals surface area contributed by atoms with Crippen LogP contribution in [0.25, 0.3) is 0 Å². The molecule has 0 fully saturated rings. The first kappa shape index (κ1) is 13.4. The third-order valence-corrected chi connectivity index (χ3v) is 4.24. The van der Waals surface area contributed by atoms with Crippen molar-refractivity contribution in [3.8, 4) is 5.75 Å². The molecule has 0 saturated heterocycles. The van der Waals surface area contributed by atoms with Crippen molar-refractivity contribution in [3.05, 3.63) is 51.2 Å². The fourth-order valence-corrected chi connectivity index (χ4v) is 2.84. The first-order chi connectivity index (χ1) is 8.65. The highest BCUT2D eigenvalue weighted by atomic mass is 35.5. The minimum Gasteiger partial charge on any atom is -0.508 e. The summed E-state index contributed by atoms with van der Waals surface area (Å²) in [6.07, 6.45) is 0.948. The van der Waals surface area contributed by atoms with Gasteiger partial charge < -0.3 is 10.4 Å². The summed E-state index contributed by atoms with van der Waals surface area (Å²) in [7, 11) is 0. The van der Waals surface area contributed by atoms with E-state index in [-0.39, 0.29) is 0 Å². The van der Waals surface area contributed by atoms with Crippen LogP contribution >= 0.6 is 22.9 Å². The SMILES string of the molecule is CC(NCCc1ccc(O)cc1)c1ccc(Cl)s1. The number of aromatic hydroxyl groups is 1. The van der Waals surface area contributed by atoms with Crippen molar-refractivity contribution in [2.24, 2.45) is 0 Å². The van der Waals surface area contributed by atoms with Gasteiger partial charge >= 0.3 is 0 Å². The Morgan fingerprint density at radius 3 is 2.56 bits per heavy atom. The molecule has 4 heteroatoms. The molecule has 1 unspecified atom stereocenters. The van der Waals surface area contributed by atoms with Gasteiger partial charge in [0.15, 0.2) is 0 Å². The highest BCUT2D eigenvalue weighted by Crippen LogP contribution is 2.26. The predicted octanol–water partition coefficient (Wildman–Crippen LogP) is 4.00. The molecule has 96 valence electrons. The number of hydrogen-bond acceptors (Lipinski definition) is 3. The predicted molar refractivity (Wildman–Crippen MR) is 77.6 cm³/mol. The zero-order chi connectivity index (χ0) is 13.0. The Bertz CT molecular complexity index is 495. The number of phenolic OH excluding ortho intramolecular Hbond substituents is 1. The molecule has 2 N–H and O–H groups in total. The Morgan fingerprint density at radius 2 is 1.94 bits per heavy atom. The van der Waals surface area contributed by atoms with Crippen LogP contribution in [-0.2, 0) is 6.42 Å². The van der Waals surface area contributed by atoms with Crippen molar-refractivity contribution in [3.63, 3.8) is 0 Å². The first-order valence-electron chi connectivity index (χ1n) is 5.91. The molecule has 0 saturated carbocycles. The molecule has 2 aromatic rings. The maximum Gasteiger partial charge on any atom is 0.115 e. The molecule has 0 amide bonds. The van der Waals surface area contributed by atoms with E-state index < -0.39 is 0 Å². The molecular formula is C14H16ClNOS. The second kappa shape index (κ2) is 6.23. The lowest BCUT2D eigenvalue weighted by Crippen LogP contribution is -2.20. The van der Waals surface area contributed by atoms with Crippen LogP contribution in [0.3, 0.4) is 0 Å². The van der Waals surface area contributed by atoms with Gasteiger partial charge in [-0.05, 0) is 49.7 Å². The quantitative estimate of drug-likeness (QED) is 0.868. The third kappa shape index (κ3) is 3.73. The van der Waals surface area contributed by atoms with E-state index in [1.165, 1.54) is 10.4 Å². The zero-order valence-corrected chi connectivity index (χ0v) is 11.8. The number of nitrogens with one attached hydrogen (secondary N) is 1. The summed E-state index contributed by atoms with van der Waals surface area (Å²) in [5.74, 6) is 0.313. The third-order valence-electron chi connectivity index (χ3n) is 2.82. The number of rotatable bonds is 5. The molecule has 0 spiro atoms. The fourth-order valence-electron chi connectivity index (χ4n) is 1.76. The monoisotopic (exact) mass is 281 g/mol. The molecule has 1 aromatic carbocycles. The van der Waals surface area contributed by atoms with Gasteiger partial charge in [0, 0.05) is 10.9 Å². The molecule has 0 aliphatic rings. The Hall–Kier alpha value is -1.03. The minimum atomic E-state index is 0.313. The van der Waals surface area contributed by atoms with Gasteiger partial charge in [0.1, 0.15) is 5.75 Å². The summed E-state index contributed by atoms with van der Waals surface area (Å²) in [5.41, 5.74) is 1.22. The molecular weight excluding hydrogens is 266 g/mol. The second-order valence-corrected chi connectivity index (χ2v) is 5.98. The molecule has 0 bridgehead atoms. The summed E-state index contributed by atoms with van der Waals surface area (Å²) in [6, 6.07) is 11.6. The summed E-state index contributed by atoms with van der Waals surface area (Å²) >= 11 is 7.53. The van der Waals surface area contributed by atoms with Crippen LogP contribution in [0.15, 0.2) is 36.4 Å². The van der Waals surface area contributed by atoms with E-state index in [4.69, 9.17) is 11.6 Å². The van der Waals surface area contributed by atoms with E-state index in [1.807, 2.05) is 18.2 Å². The van der Waals surface area contributed by atoms with Gasteiger partial charge in [0.2, 0.25) is 0 Å². The maximum atomic E-state index is 9.19. The Kier molecular flexibility index (Phi) is 4.64. The van der Waals surface area contributed by atoms with Crippen LogP contribution in [0.4, 0.5) is 0 Å². The molecule has 2 nitrogen and oxygen atoms in total. The van der Waals surface area contributed by atoms with Gasteiger partial charge in [-0.2, -0.15) is 0 Å². The Morgan fingerprint density at radius 1 is 1.22 bits per heavy atom. The first-order valence-corrected chi connectivity index (χ1v) is 7.11. The minimum absolute atomic E-state index is 0.313. The molecule has 2 rings (SSSR count). The Labute approximate surface area is 116 Å². The molecule has 0 aliphatic carbocycles. The van der Waals surface area contributed by atoms with Crippen molar-refractivity contribution in [2.45, 2.75) is 19.4 Å². The van der Waals surface area contributed by atoms with E-state index in [0.717, 1.165) is 17.3 Å². The van der Waals surface area contributed by atoms with E-state index >= 15 is 0 Å². The van der Waals surface area contributed by atoms with Crippen LogP contribution in [0, 0.1) is 0 Å². The van der Waals surface area contributed by atoms with Crippen molar-refractivity contribution in [2.75, 3.05) is 6.54 Å². The lowest BCUT2D eigenvalue weighted by Gasteiger charge is -2.11. The summed E-state index contributed by atoms with van der Waals surface area (Å²) in [5, 5.41) is 12.7. The lowest BCUT2D eigenvalue weighted by atomic mass is 10.1.